The summed E-state index contributed by atoms with van der Waals surface area (Å²) in [5.41, 5.74) is 0.585. The average molecular weight is 292 g/mol. The summed E-state index contributed by atoms with van der Waals surface area (Å²) in [6.45, 7) is 0.560. The van der Waals surface area contributed by atoms with Gasteiger partial charge in [-0.25, -0.2) is 0 Å². The molecule has 0 spiro atoms. The predicted molar refractivity (Wildman–Crippen MR) is 73.7 cm³/mol. The Morgan fingerprint density at radius 2 is 2.14 bits per heavy atom. The number of ether oxygens (including phenoxy) is 2. The summed E-state index contributed by atoms with van der Waals surface area (Å²) in [5, 5.41) is 13.6. The number of aliphatic carboxylic acids is 1. The van der Waals surface area contributed by atoms with Crippen molar-refractivity contribution in [3.63, 3.8) is 0 Å². The van der Waals surface area contributed by atoms with Crippen LogP contribution in [0.15, 0.2) is 24.3 Å². The van der Waals surface area contributed by atoms with E-state index in [0.29, 0.717) is 24.5 Å². The highest BCUT2D eigenvalue weighted by Gasteiger charge is 2.31. The van der Waals surface area contributed by atoms with Crippen LogP contribution in [0.5, 0.6) is 5.75 Å². The molecule has 1 N–H and O–H groups in total. The smallest absolute Gasteiger partial charge is 0.230 e. The number of amides is 1. The van der Waals surface area contributed by atoms with E-state index in [1.54, 1.807) is 31.4 Å². The van der Waals surface area contributed by atoms with Gasteiger partial charge in [0, 0.05) is 24.7 Å². The number of carboxylic acid groups (broad SMARTS) is 1. The highest BCUT2D eigenvalue weighted by atomic mass is 16.5. The third kappa shape index (κ3) is 4.19. The van der Waals surface area contributed by atoms with E-state index in [2.05, 4.69) is 5.32 Å². The van der Waals surface area contributed by atoms with Crippen molar-refractivity contribution in [2.75, 3.05) is 19.0 Å². The van der Waals surface area contributed by atoms with E-state index in [1.807, 2.05) is 0 Å². The first-order valence-electron chi connectivity index (χ1n) is 6.86. The van der Waals surface area contributed by atoms with Crippen LogP contribution in [-0.2, 0) is 14.3 Å². The summed E-state index contributed by atoms with van der Waals surface area (Å²) in [7, 11) is 1.56. The number of rotatable bonds is 6. The number of methoxy groups -OCH3 is 1. The standard InChI is InChI=1S/C15H19NO5/c1-20-11-6-4-10(5-7-11)16-15(19)12(9-14(17)18)13-3-2-8-21-13/h4-7,12-13H,2-3,8-9H2,1H3,(H,16,19)(H,17,18)/p-1/t12-,13-/m0/s1. The fraction of sp³-hybridized carbons (Fsp3) is 0.467. The zero-order valence-electron chi connectivity index (χ0n) is 11.8. The molecule has 1 aromatic rings. The van der Waals surface area contributed by atoms with Crippen molar-refractivity contribution >= 4 is 17.6 Å². The Hall–Kier alpha value is -2.08. The number of hydrogen-bond acceptors (Lipinski definition) is 5. The zero-order chi connectivity index (χ0) is 15.2. The van der Waals surface area contributed by atoms with Gasteiger partial charge in [-0.3, -0.25) is 4.79 Å². The summed E-state index contributed by atoms with van der Waals surface area (Å²) >= 11 is 0. The Kier molecular flexibility index (Phi) is 5.16. The van der Waals surface area contributed by atoms with Gasteiger partial charge in [-0.05, 0) is 37.1 Å². The van der Waals surface area contributed by atoms with Gasteiger partial charge < -0.3 is 24.7 Å². The van der Waals surface area contributed by atoms with Crippen LogP contribution in [0, 0.1) is 5.92 Å². The number of benzene rings is 1. The zero-order valence-corrected chi connectivity index (χ0v) is 11.8. The molecule has 2 atom stereocenters. The van der Waals surface area contributed by atoms with E-state index in [0.717, 1.165) is 6.42 Å². The van der Waals surface area contributed by atoms with Crippen LogP contribution in [0.1, 0.15) is 19.3 Å². The maximum absolute atomic E-state index is 12.3. The third-order valence-electron chi connectivity index (χ3n) is 3.49. The van der Waals surface area contributed by atoms with Crippen LogP contribution >= 0.6 is 0 Å². The molecule has 0 bridgehead atoms. The minimum atomic E-state index is -1.25. The summed E-state index contributed by atoms with van der Waals surface area (Å²) in [4.78, 5) is 23.1. The van der Waals surface area contributed by atoms with Gasteiger partial charge >= 0.3 is 0 Å². The van der Waals surface area contributed by atoms with Gasteiger partial charge in [0.25, 0.3) is 0 Å². The lowest BCUT2D eigenvalue weighted by Gasteiger charge is -2.22. The van der Waals surface area contributed by atoms with Crippen LogP contribution in [0.25, 0.3) is 0 Å². The molecule has 6 nitrogen and oxygen atoms in total. The summed E-state index contributed by atoms with van der Waals surface area (Å²) in [6.07, 6.45) is 0.825. The molecule has 1 aliphatic rings. The monoisotopic (exact) mass is 292 g/mol. The largest absolute Gasteiger partial charge is 0.550 e. The molecule has 1 aliphatic heterocycles. The SMILES string of the molecule is COc1ccc(NC(=O)[C@@H](CC(=O)[O-])[C@@H]2CCCO2)cc1. The normalized spacial score (nSPS) is 19.0. The molecule has 0 unspecified atom stereocenters. The highest BCUT2D eigenvalue weighted by molar-refractivity contribution is 5.94. The van der Waals surface area contributed by atoms with Gasteiger partial charge in [0.2, 0.25) is 5.91 Å². The molecule has 0 radical (unpaired) electrons. The van der Waals surface area contributed by atoms with Gasteiger partial charge in [-0.1, -0.05) is 0 Å². The molecule has 6 heteroatoms. The van der Waals surface area contributed by atoms with Crippen molar-refractivity contribution in [1.29, 1.82) is 0 Å². The van der Waals surface area contributed by atoms with Crippen LogP contribution in [0.4, 0.5) is 5.69 Å². The molecule has 1 heterocycles. The van der Waals surface area contributed by atoms with Crippen molar-refractivity contribution in [2.45, 2.75) is 25.4 Å². The topological polar surface area (TPSA) is 87.7 Å². The summed E-state index contributed by atoms with van der Waals surface area (Å²) < 4.78 is 10.5. The van der Waals surface area contributed by atoms with Crippen molar-refractivity contribution in [3.8, 4) is 5.75 Å². The number of carboxylic acids is 1. The fourth-order valence-corrected chi connectivity index (χ4v) is 2.40. The Labute approximate surface area is 123 Å². The Balaban J connectivity index is 2.04. The van der Waals surface area contributed by atoms with E-state index >= 15 is 0 Å². The Morgan fingerprint density at radius 1 is 1.43 bits per heavy atom. The second-order valence-electron chi connectivity index (χ2n) is 4.95. The van der Waals surface area contributed by atoms with Crippen molar-refractivity contribution in [3.05, 3.63) is 24.3 Å². The molecule has 21 heavy (non-hydrogen) atoms. The highest BCUT2D eigenvalue weighted by Crippen LogP contribution is 2.25. The maximum Gasteiger partial charge on any atom is 0.230 e. The number of hydrogen-bond donors (Lipinski definition) is 1. The lowest BCUT2D eigenvalue weighted by Crippen LogP contribution is -2.38. The second-order valence-corrected chi connectivity index (χ2v) is 4.95. The first-order valence-corrected chi connectivity index (χ1v) is 6.86. The lowest BCUT2D eigenvalue weighted by molar-refractivity contribution is -0.307. The molecule has 114 valence electrons. The molecule has 0 aliphatic carbocycles. The van der Waals surface area contributed by atoms with Crippen molar-refractivity contribution in [1.82, 2.24) is 0 Å². The maximum atomic E-state index is 12.3. The van der Waals surface area contributed by atoms with Gasteiger partial charge in [0.05, 0.1) is 19.1 Å². The minimum absolute atomic E-state index is 0.341. The van der Waals surface area contributed by atoms with Gasteiger partial charge in [0.15, 0.2) is 0 Å². The van der Waals surface area contributed by atoms with Crippen molar-refractivity contribution in [2.24, 2.45) is 5.92 Å². The summed E-state index contributed by atoms with van der Waals surface area (Å²) in [6, 6.07) is 6.83. The van der Waals surface area contributed by atoms with E-state index in [9.17, 15) is 14.7 Å². The molecular weight excluding hydrogens is 274 g/mol. The first-order chi connectivity index (χ1) is 10.1. The van der Waals surface area contributed by atoms with Crippen LogP contribution < -0.4 is 15.2 Å². The van der Waals surface area contributed by atoms with E-state index < -0.39 is 11.9 Å². The molecule has 0 saturated carbocycles. The quantitative estimate of drug-likeness (QED) is 0.828. The van der Waals surface area contributed by atoms with E-state index in [4.69, 9.17) is 9.47 Å². The average Bonchev–Trinajstić information content (AvgIpc) is 2.99. The molecule has 0 aromatic heterocycles. The molecule has 1 aromatic carbocycles. The number of nitrogens with one attached hydrogen (secondary N) is 1. The Bertz CT molecular complexity index is 493. The van der Waals surface area contributed by atoms with Crippen LogP contribution in [0.2, 0.25) is 0 Å². The molecule has 1 fully saturated rings. The van der Waals surface area contributed by atoms with Crippen molar-refractivity contribution < 1.29 is 24.2 Å². The van der Waals surface area contributed by atoms with Gasteiger partial charge in [0.1, 0.15) is 5.75 Å². The van der Waals surface area contributed by atoms with Gasteiger partial charge in [-0.15, -0.1) is 0 Å². The second kappa shape index (κ2) is 7.08. The lowest BCUT2D eigenvalue weighted by atomic mass is 9.95. The van der Waals surface area contributed by atoms with E-state index in [1.165, 1.54) is 0 Å². The molecule has 1 saturated heterocycles. The number of carbonyl (C=O) groups excluding carboxylic acids is 2. The number of carbonyl (C=O) groups is 2. The Morgan fingerprint density at radius 3 is 2.67 bits per heavy atom. The third-order valence-corrected chi connectivity index (χ3v) is 3.49. The molecular formula is C15H18NO5-. The van der Waals surface area contributed by atoms with Crippen LogP contribution in [0.3, 0.4) is 0 Å². The fourth-order valence-electron chi connectivity index (χ4n) is 2.40. The first kappa shape index (κ1) is 15.3. The number of anilines is 1. The molecule has 2 rings (SSSR count). The minimum Gasteiger partial charge on any atom is -0.550 e. The van der Waals surface area contributed by atoms with Crippen LogP contribution in [-0.4, -0.2) is 31.7 Å². The predicted octanol–water partition coefficient (Wildman–Crippen LogP) is 0.569. The summed E-state index contributed by atoms with van der Waals surface area (Å²) in [5.74, 6) is -1.67. The van der Waals surface area contributed by atoms with Gasteiger partial charge in [-0.2, -0.15) is 0 Å². The molecule has 1 amide bonds. The van der Waals surface area contributed by atoms with E-state index in [-0.39, 0.29) is 18.4 Å².